The molecule has 0 saturated heterocycles. The van der Waals surface area contributed by atoms with Gasteiger partial charge in [-0.1, -0.05) is 44.7 Å². The summed E-state index contributed by atoms with van der Waals surface area (Å²) < 4.78 is 4.88. The first-order valence-corrected chi connectivity index (χ1v) is 7.66. The van der Waals surface area contributed by atoms with Gasteiger partial charge in [-0.25, -0.2) is 9.13 Å². The molecule has 0 fully saturated rings. The molecule has 0 bridgehead atoms. The van der Waals surface area contributed by atoms with E-state index in [2.05, 4.69) is 45.6 Å². The number of unbranched alkanes of at least 4 members (excludes halogenated alkanes) is 4. The number of aromatic nitrogens is 2. The molecule has 4 heteroatoms. The van der Waals surface area contributed by atoms with Gasteiger partial charge in [-0.2, -0.15) is 0 Å². The number of benzene rings is 1. The zero-order chi connectivity index (χ0) is 13.1. The summed E-state index contributed by atoms with van der Waals surface area (Å²) in [6, 6.07) is 8.76. The van der Waals surface area contributed by atoms with Gasteiger partial charge in [0.15, 0.2) is 0 Å². The lowest BCUT2D eigenvalue weighted by Gasteiger charge is -2.02. The summed E-state index contributed by atoms with van der Waals surface area (Å²) in [6.07, 6.45) is 6.70. The molecule has 2 aromatic rings. The van der Waals surface area contributed by atoms with Crippen molar-refractivity contribution in [1.29, 1.82) is 0 Å². The molecule has 3 nitrogen and oxygen atoms in total. The number of imidazole rings is 1. The fourth-order valence-electron chi connectivity index (χ4n) is 3.09. The molecule has 1 aliphatic rings. The number of para-hydroxylation sites is 2. The first-order valence-electron chi connectivity index (χ1n) is 7.66. The van der Waals surface area contributed by atoms with Crippen molar-refractivity contribution in [3.05, 3.63) is 24.3 Å². The van der Waals surface area contributed by atoms with Gasteiger partial charge in [0.25, 0.3) is 0 Å². The number of anilines is 1. The Hall–Kier alpha value is -1.22. The maximum atomic E-state index is 3.54. The normalized spacial score (nSPS) is 13.1. The van der Waals surface area contributed by atoms with E-state index in [9.17, 15) is 0 Å². The van der Waals surface area contributed by atoms with Gasteiger partial charge in [0, 0.05) is 0 Å². The molecule has 1 aliphatic heterocycles. The number of rotatable bonds is 6. The molecule has 2 heterocycles. The monoisotopic (exact) mass is 293 g/mol. The Kier molecular flexibility index (Phi) is 5.30. The third-order valence-corrected chi connectivity index (χ3v) is 4.08. The molecular formula is C16H24ClN3. The molecule has 20 heavy (non-hydrogen) atoms. The first kappa shape index (κ1) is 15.2. The number of halogens is 1. The summed E-state index contributed by atoms with van der Waals surface area (Å²) in [5.74, 6) is 1.30. The van der Waals surface area contributed by atoms with Gasteiger partial charge >= 0.3 is 5.95 Å². The van der Waals surface area contributed by atoms with Gasteiger partial charge in [-0.05, 0) is 18.6 Å². The highest BCUT2D eigenvalue weighted by Gasteiger charge is 2.27. The van der Waals surface area contributed by atoms with Crippen molar-refractivity contribution in [1.82, 2.24) is 4.57 Å². The van der Waals surface area contributed by atoms with Crippen LogP contribution in [0, 0.1) is 0 Å². The van der Waals surface area contributed by atoms with Crippen LogP contribution in [0.3, 0.4) is 0 Å². The molecule has 0 amide bonds. The Morgan fingerprint density at radius 2 is 1.95 bits per heavy atom. The van der Waals surface area contributed by atoms with Crippen molar-refractivity contribution < 1.29 is 17.0 Å². The van der Waals surface area contributed by atoms with Crippen molar-refractivity contribution in [2.24, 2.45) is 0 Å². The molecule has 3 rings (SSSR count). The zero-order valence-corrected chi connectivity index (χ0v) is 13.0. The average Bonchev–Trinajstić information content (AvgIpc) is 3.01. The second-order valence-corrected chi connectivity index (χ2v) is 5.46. The summed E-state index contributed by atoms with van der Waals surface area (Å²) in [6.45, 7) is 5.57. The molecule has 0 atom stereocenters. The van der Waals surface area contributed by atoms with Crippen molar-refractivity contribution in [3.8, 4) is 0 Å². The molecule has 110 valence electrons. The zero-order valence-electron chi connectivity index (χ0n) is 12.2. The van der Waals surface area contributed by atoms with Gasteiger partial charge in [0.1, 0.15) is 17.6 Å². The van der Waals surface area contributed by atoms with Crippen LogP contribution < -0.4 is 22.3 Å². The highest BCUT2D eigenvalue weighted by molar-refractivity contribution is 5.74. The van der Waals surface area contributed by atoms with Crippen molar-refractivity contribution in [2.75, 3.05) is 11.9 Å². The average molecular weight is 294 g/mol. The highest BCUT2D eigenvalue weighted by atomic mass is 35.5. The summed E-state index contributed by atoms with van der Waals surface area (Å²) in [5, 5.41) is 3.54. The molecule has 0 saturated carbocycles. The Bertz CT molecular complexity index is 562. The van der Waals surface area contributed by atoms with Gasteiger partial charge in [-0.15, -0.1) is 0 Å². The van der Waals surface area contributed by atoms with E-state index >= 15 is 0 Å². The van der Waals surface area contributed by atoms with Crippen LogP contribution in [0.15, 0.2) is 24.3 Å². The van der Waals surface area contributed by atoms with E-state index in [1.807, 2.05) is 0 Å². The lowest BCUT2D eigenvalue weighted by atomic mass is 10.1. The van der Waals surface area contributed by atoms with Crippen LogP contribution in [-0.2, 0) is 13.1 Å². The van der Waals surface area contributed by atoms with Crippen LogP contribution >= 0.6 is 0 Å². The van der Waals surface area contributed by atoms with Crippen molar-refractivity contribution in [2.45, 2.75) is 52.1 Å². The minimum atomic E-state index is 0. The number of nitrogens with zero attached hydrogens (tertiary/aromatic N) is 2. The van der Waals surface area contributed by atoms with E-state index in [-0.39, 0.29) is 12.4 Å². The minimum Gasteiger partial charge on any atom is -1.00 e. The van der Waals surface area contributed by atoms with Crippen molar-refractivity contribution in [3.63, 3.8) is 0 Å². The maximum Gasteiger partial charge on any atom is 0.358 e. The fourth-order valence-corrected chi connectivity index (χ4v) is 3.09. The first-order chi connectivity index (χ1) is 9.42. The lowest BCUT2D eigenvalue weighted by molar-refractivity contribution is -0.644. The molecule has 0 spiro atoms. The molecule has 0 radical (unpaired) electrons. The minimum absolute atomic E-state index is 0. The maximum absolute atomic E-state index is 3.54. The quantitative estimate of drug-likeness (QED) is 0.601. The van der Waals surface area contributed by atoms with Crippen LogP contribution in [0.2, 0.25) is 0 Å². The smallest absolute Gasteiger partial charge is 0.358 e. The molecule has 1 aromatic carbocycles. The van der Waals surface area contributed by atoms with E-state index in [1.54, 1.807) is 0 Å². The number of fused-ring (bicyclic) bond motifs is 3. The topological polar surface area (TPSA) is 20.8 Å². The Balaban J connectivity index is 0.00000147. The Morgan fingerprint density at radius 1 is 1.15 bits per heavy atom. The van der Waals surface area contributed by atoms with Gasteiger partial charge in [-0.3, -0.25) is 5.32 Å². The lowest BCUT2D eigenvalue weighted by Crippen LogP contribution is -3.00. The number of nitrogens with one attached hydrogen (secondary N) is 1. The fraction of sp³-hybridized carbons (Fsp3) is 0.562. The van der Waals surface area contributed by atoms with Crippen LogP contribution in [-0.4, -0.2) is 11.1 Å². The summed E-state index contributed by atoms with van der Waals surface area (Å²) in [5.41, 5.74) is 2.75. The number of hydrogen-bond donors (Lipinski definition) is 1. The predicted molar refractivity (Wildman–Crippen MR) is 79.4 cm³/mol. The van der Waals surface area contributed by atoms with E-state index in [0.29, 0.717) is 0 Å². The highest BCUT2D eigenvalue weighted by Crippen LogP contribution is 2.21. The van der Waals surface area contributed by atoms with Crippen molar-refractivity contribution >= 4 is 17.0 Å². The number of hydrogen-bond acceptors (Lipinski definition) is 1. The Morgan fingerprint density at radius 3 is 2.80 bits per heavy atom. The number of aryl methyl sites for hydroxylation is 1. The van der Waals surface area contributed by atoms with E-state index < -0.39 is 0 Å². The van der Waals surface area contributed by atoms with E-state index in [1.165, 1.54) is 49.1 Å². The third kappa shape index (κ3) is 2.78. The molecule has 0 aliphatic carbocycles. The molecule has 1 aromatic heterocycles. The van der Waals surface area contributed by atoms with E-state index in [4.69, 9.17) is 0 Å². The van der Waals surface area contributed by atoms with Crippen LogP contribution in [0.25, 0.3) is 11.0 Å². The Labute approximate surface area is 127 Å². The van der Waals surface area contributed by atoms with Gasteiger partial charge < -0.3 is 12.4 Å². The second kappa shape index (κ2) is 6.98. The van der Waals surface area contributed by atoms with Crippen LogP contribution in [0.5, 0.6) is 0 Å². The van der Waals surface area contributed by atoms with Crippen LogP contribution in [0.1, 0.15) is 39.0 Å². The summed E-state index contributed by atoms with van der Waals surface area (Å²) in [7, 11) is 0. The molecular weight excluding hydrogens is 270 g/mol. The molecule has 0 unspecified atom stereocenters. The summed E-state index contributed by atoms with van der Waals surface area (Å²) >= 11 is 0. The second-order valence-electron chi connectivity index (χ2n) is 5.46. The standard InChI is InChI=1S/C16H23N3.ClH/c1-2-3-4-5-8-12-18-14-9-6-7-10-15(14)19-13-11-17-16(18)19;/h6-7,9-10H,2-5,8,11-13H2,1H3;1H. The van der Waals surface area contributed by atoms with Gasteiger partial charge in [0.05, 0.1) is 13.1 Å². The SMILES string of the molecule is CCCCCCCn1c2[n+](c3ccccc31)CCN2.[Cl-]. The molecule has 1 N–H and O–H groups in total. The largest absolute Gasteiger partial charge is 1.00 e. The van der Waals surface area contributed by atoms with E-state index in [0.717, 1.165) is 19.6 Å². The summed E-state index contributed by atoms with van der Waals surface area (Å²) in [4.78, 5) is 0. The van der Waals surface area contributed by atoms with Gasteiger partial charge in [0.2, 0.25) is 0 Å². The third-order valence-electron chi connectivity index (χ3n) is 4.08. The predicted octanol–water partition coefficient (Wildman–Crippen LogP) is 0.329. The van der Waals surface area contributed by atoms with Crippen LogP contribution in [0.4, 0.5) is 5.95 Å².